The second-order valence-electron chi connectivity index (χ2n) is 4.84. The van der Waals surface area contributed by atoms with Gasteiger partial charge >= 0.3 is 0 Å². The third-order valence-corrected chi connectivity index (χ3v) is 4.91. The summed E-state index contributed by atoms with van der Waals surface area (Å²) in [5, 5.41) is 10.7. The van der Waals surface area contributed by atoms with Gasteiger partial charge in [-0.1, -0.05) is 6.07 Å². The Morgan fingerprint density at radius 1 is 1.09 bits per heavy atom. The van der Waals surface area contributed by atoms with Gasteiger partial charge in [0.15, 0.2) is 0 Å². The smallest absolute Gasteiger partial charge is 0.200 e. The Labute approximate surface area is 128 Å². The summed E-state index contributed by atoms with van der Waals surface area (Å²) in [4.78, 5) is 0.189. The van der Waals surface area contributed by atoms with Crippen molar-refractivity contribution in [2.75, 3.05) is 13.7 Å². The number of phenols is 1. The van der Waals surface area contributed by atoms with Crippen molar-refractivity contribution >= 4 is 15.4 Å². The monoisotopic (exact) mass is 318 g/mol. The number of aromatic hydroxyl groups is 1. The van der Waals surface area contributed by atoms with Gasteiger partial charge in [-0.2, -0.15) is 0 Å². The number of phenolic OH excluding ortho intramolecular Hbond substituents is 1. The second-order valence-corrected chi connectivity index (χ2v) is 6.60. The molecule has 0 saturated carbocycles. The van der Waals surface area contributed by atoms with Crippen molar-refractivity contribution in [1.29, 1.82) is 0 Å². The lowest BCUT2D eigenvalue weighted by molar-refractivity contribution is 0.363. The second kappa shape index (κ2) is 5.38. The fourth-order valence-corrected chi connectivity index (χ4v) is 3.75. The lowest BCUT2D eigenvalue weighted by Crippen LogP contribution is -1.99. The van der Waals surface area contributed by atoms with Crippen LogP contribution >= 0.6 is 0 Å². The minimum atomic E-state index is -3.47. The Kier molecular flexibility index (Phi) is 3.54. The van der Waals surface area contributed by atoms with E-state index >= 15 is 0 Å². The number of methoxy groups -OCH3 is 1. The molecule has 0 aromatic heterocycles. The van der Waals surface area contributed by atoms with Crippen LogP contribution < -0.4 is 9.47 Å². The normalized spacial score (nSPS) is 15.0. The maximum Gasteiger partial charge on any atom is 0.200 e. The molecule has 0 aliphatic carbocycles. The fraction of sp³-hybridized carbons (Fsp3) is 0.125. The minimum absolute atomic E-state index is 0.0168. The van der Waals surface area contributed by atoms with E-state index in [4.69, 9.17) is 9.47 Å². The van der Waals surface area contributed by atoms with Crippen LogP contribution in [0.15, 0.2) is 52.8 Å². The molecule has 0 unspecified atom stereocenters. The van der Waals surface area contributed by atoms with E-state index in [-0.39, 0.29) is 17.3 Å². The van der Waals surface area contributed by atoms with E-state index in [0.29, 0.717) is 22.6 Å². The Morgan fingerprint density at radius 2 is 1.86 bits per heavy atom. The van der Waals surface area contributed by atoms with Crippen molar-refractivity contribution in [3.63, 3.8) is 0 Å². The topological polar surface area (TPSA) is 72.8 Å². The molecule has 0 spiro atoms. The summed E-state index contributed by atoms with van der Waals surface area (Å²) in [6.07, 6.45) is 0. The first kappa shape index (κ1) is 14.5. The van der Waals surface area contributed by atoms with E-state index in [1.165, 1.54) is 23.6 Å². The molecule has 5 nitrogen and oxygen atoms in total. The summed E-state index contributed by atoms with van der Waals surface area (Å²) < 4.78 is 34.8. The molecule has 2 aromatic carbocycles. The zero-order valence-electron chi connectivity index (χ0n) is 11.8. The largest absolute Gasteiger partial charge is 0.508 e. The number of hydrogen-bond donors (Lipinski definition) is 1. The number of benzene rings is 2. The third kappa shape index (κ3) is 2.65. The first-order chi connectivity index (χ1) is 10.5. The van der Waals surface area contributed by atoms with Crippen molar-refractivity contribution in [2.45, 2.75) is 4.90 Å². The summed E-state index contributed by atoms with van der Waals surface area (Å²) in [5.74, 6) is 1.25. The van der Waals surface area contributed by atoms with Gasteiger partial charge in [0.2, 0.25) is 9.84 Å². The highest BCUT2D eigenvalue weighted by molar-refractivity contribution is 7.95. The van der Waals surface area contributed by atoms with Gasteiger partial charge in [-0.25, -0.2) is 8.42 Å². The Bertz CT molecular complexity index is 853. The standard InChI is InChI=1S/C16H14O5S/c1-20-13-3-2-4-14(8-13)21-9-11-10-22(18,19)16-6-5-12(17)7-15(11)16/h2-8,10,17H,9H2,1H3. The van der Waals surface area contributed by atoms with Crippen LogP contribution in [0.25, 0.3) is 5.57 Å². The lowest BCUT2D eigenvalue weighted by Gasteiger charge is -2.09. The maximum atomic E-state index is 12.1. The maximum absolute atomic E-state index is 12.1. The van der Waals surface area contributed by atoms with E-state index in [9.17, 15) is 13.5 Å². The molecule has 2 aromatic rings. The Morgan fingerprint density at radius 3 is 2.64 bits per heavy atom. The molecule has 114 valence electrons. The molecular formula is C16H14O5S. The van der Waals surface area contributed by atoms with Gasteiger partial charge < -0.3 is 14.6 Å². The SMILES string of the molecule is COc1cccc(OCC2=CS(=O)(=O)c3ccc(O)cc32)c1. The molecule has 3 rings (SSSR count). The van der Waals surface area contributed by atoms with Crippen LogP contribution in [0.3, 0.4) is 0 Å². The van der Waals surface area contributed by atoms with Crippen molar-refractivity contribution in [3.8, 4) is 17.2 Å². The molecule has 1 aliphatic rings. The number of ether oxygens (including phenoxy) is 2. The average Bonchev–Trinajstić information content (AvgIpc) is 2.76. The molecule has 1 N–H and O–H groups in total. The highest BCUT2D eigenvalue weighted by Gasteiger charge is 2.27. The predicted molar refractivity (Wildman–Crippen MR) is 81.8 cm³/mol. The number of hydrogen-bond acceptors (Lipinski definition) is 5. The van der Waals surface area contributed by atoms with Crippen LogP contribution in [0, 0.1) is 0 Å². The molecule has 1 heterocycles. The van der Waals surface area contributed by atoms with Gasteiger partial charge in [0, 0.05) is 22.6 Å². The van der Waals surface area contributed by atoms with E-state index in [1.807, 2.05) is 0 Å². The number of rotatable bonds is 4. The molecular weight excluding hydrogens is 304 g/mol. The molecule has 0 atom stereocenters. The van der Waals surface area contributed by atoms with Crippen LogP contribution in [0.2, 0.25) is 0 Å². The van der Waals surface area contributed by atoms with Crippen LogP contribution in [0.1, 0.15) is 5.56 Å². The predicted octanol–water partition coefficient (Wildman–Crippen LogP) is 2.61. The minimum Gasteiger partial charge on any atom is -0.508 e. The van der Waals surface area contributed by atoms with Gasteiger partial charge in [-0.05, 0) is 30.3 Å². The summed E-state index contributed by atoms with van der Waals surface area (Å²) in [6, 6.07) is 11.2. The molecule has 0 bridgehead atoms. The molecule has 0 amide bonds. The molecule has 6 heteroatoms. The van der Waals surface area contributed by atoms with Crippen LogP contribution in [0.5, 0.6) is 17.2 Å². The quantitative estimate of drug-likeness (QED) is 0.938. The van der Waals surface area contributed by atoms with Crippen LogP contribution in [-0.2, 0) is 9.84 Å². The van der Waals surface area contributed by atoms with Gasteiger partial charge in [0.05, 0.1) is 12.0 Å². The van der Waals surface area contributed by atoms with E-state index < -0.39 is 9.84 Å². The van der Waals surface area contributed by atoms with Crippen molar-refractivity contribution < 1.29 is 23.0 Å². The van der Waals surface area contributed by atoms with Crippen molar-refractivity contribution in [2.24, 2.45) is 0 Å². The van der Waals surface area contributed by atoms with Gasteiger partial charge in [0.25, 0.3) is 0 Å². The Hall–Kier alpha value is -2.47. The van der Waals surface area contributed by atoms with Crippen molar-refractivity contribution in [3.05, 3.63) is 53.4 Å². The molecule has 1 aliphatic heterocycles. The molecule has 0 saturated heterocycles. The number of sulfone groups is 1. The third-order valence-electron chi connectivity index (χ3n) is 3.35. The first-order valence-electron chi connectivity index (χ1n) is 6.55. The van der Waals surface area contributed by atoms with E-state index in [0.717, 1.165) is 0 Å². The molecule has 22 heavy (non-hydrogen) atoms. The zero-order chi connectivity index (χ0) is 15.7. The zero-order valence-corrected chi connectivity index (χ0v) is 12.6. The highest BCUT2D eigenvalue weighted by atomic mass is 32.2. The number of fused-ring (bicyclic) bond motifs is 1. The highest BCUT2D eigenvalue weighted by Crippen LogP contribution is 2.35. The van der Waals surface area contributed by atoms with Crippen LogP contribution in [-0.4, -0.2) is 27.2 Å². The van der Waals surface area contributed by atoms with Gasteiger partial charge in [-0.15, -0.1) is 0 Å². The summed E-state index contributed by atoms with van der Waals surface area (Å²) in [5.41, 5.74) is 0.983. The van der Waals surface area contributed by atoms with E-state index in [2.05, 4.69) is 0 Å². The molecule has 0 fully saturated rings. The van der Waals surface area contributed by atoms with Gasteiger partial charge in [-0.3, -0.25) is 0 Å². The molecule has 0 radical (unpaired) electrons. The lowest BCUT2D eigenvalue weighted by atomic mass is 10.1. The van der Waals surface area contributed by atoms with Gasteiger partial charge in [0.1, 0.15) is 23.9 Å². The summed E-state index contributed by atoms with van der Waals surface area (Å²) >= 11 is 0. The first-order valence-corrected chi connectivity index (χ1v) is 8.10. The van der Waals surface area contributed by atoms with Crippen LogP contribution in [0.4, 0.5) is 0 Å². The average molecular weight is 318 g/mol. The summed E-state index contributed by atoms with van der Waals surface area (Å²) in [6.45, 7) is 0.0862. The van der Waals surface area contributed by atoms with Crippen molar-refractivity contribution in [1.82, 2.24) is 0 Å². The fourth-order valence-electron chi connectivity index (χ4n) is 2.30. The summed E-state index contributed by atoms with van der Waals surface area (Å²) in [7, 11) is -1.91. The Balaban J connectivity index is 1.86. The van der Waals surface area contributed by atoms with E-state index in [1.54, 1.807) is 31.4 Å².